The first-order valence-electron chi connectivity index (χ1n) is 9.55. The van der Waals surface area contributed by atoms with Gasteiger partial charge in [-0.05, 0) is 65.3 Å². The van der Waals surface area contributed by atoms with Crippen LogP contribution in [0.25, 0.3) is 13.2 Å². The molecule has 27 heavy (non-hydrogen) atoms. The van der Waals surface area contributed by atoms with Crippen molar-refractivity contribution in [2.45, 2.75) is 61.8 Å². The van der Waals surface area contributed by atoms with Gasteiger partial charge in [0.1, 0.15) is 0 Å². The zero-order valence-corrected chi connectivity index (χ0v) is 18.9. The van der Waals surface area contributed by atoms with Gasteiger partial charge in [0.25, 0.3) is 0 Å². The van der Waals surface area contributed by atoms with Crippen LogP contribution in [-0.4, -0.2) is 0 Å². The van der Waals surface area contributed by atoms with Crippen LogP contribution in [0.3, 0.4) is 0 Å². The van der Waals surface area contributed by atoms with Crippen molar-refractivity contribution in [1.82, 2.24) is 0 Å². The highest BCUT2D eigenvalue weighted by Gasteiger charge is 1.80. The minimum absolute atomic E-state index is 1.01. The Bertz CT molecular complexity index is 749. The smallest absolute Gasteiger partial charge is 0.0259 e. The molecule has 2 aromatic rings. The first-order valence-corrected chi connectivity index (χ1v) is 9.55. The van der Waals surface area contributed by atoms with E-state index in [1.807, 2.05) is 39.0 Å². The van der Waals surface area contributed by atoms with Gasteiger partial charge in [0.15, 0.2) is 0 Å². The molecule has 0 aliphatic carbocycles. The van der Waals surface area contributed by atoms with Gasteiger partial charge in [-0.3, -0.25) is 0 Å². The molecule has 0 N–H and O–H groups in total. The van der Waals surface area contributed by atoms with E-state index in [1.165, 1.54) is 27.8 Å². The predicted molar refractivity (Wildman–Crippen MR) is 128 cm³/mol. The molecule has 0 heterocycles. The summed E-state index contributed by atoms with van der Waals surface area (Å²) in [5, 5.41) is 2.04. The molecule has 0 aliphatic rings. The Labute approximate surface area is 168 Å². The van der Waals surface area contributed by atoms with E-state index in [-0.39, 0.29) is 0 Å². The van der Waals surface area contributed by atoms with Gasteiger partial charge in [0.05, 0.1) is 0 Å². The summed E-state index contributed by atoms with van der Waals surface area (Å²) in [7, 11) is 0. The van der Waals surface area contributed by atoms with Crippen LogP contribution in [0.5, 0.6) is 0 Å². The summed E-state index contributed by atoms with van der Waals surface area (Å²) in [5.41, 5.74) is 6.54. The second-order valence-corrected chi connectivity index (χ2v) is 7.10. The average Bonchev–Trinajstić information content (AvgIpc) is 2.62. The second-order valence-electron chi connectivity index (χ2n) is 7.10. The van der Waals surface area contributed by atoms with Crippen LogP contribution in [0.2, 0.25) is 0 Å². The topological polar surface area (TPSA) is 0 Å². The molecule has 2 rings (SSSR count). The molecule has 2 aromatic carbocycles. The van der Waals surface area contributed by atoms with Crippen LogP contribution in [0, 0.1) is 20.8 Å². The van der Waals surface area contributed by atoms with Crippen molar-refractivity contribution in [2.24, 2.45) is 0 Å². The lowest BCUT2D eigenvalue weighted by Gasteiger charge is -1.90. The van der Waals surface area contributed by atoms with Crippen LogP contribution in [-0.2, 0) is 0 Å². The Hall–Kier alpha value is -2.34. The molecule has 0 bridgehead atoms. The molecule has 0 saturated carbocycles. The molecule has 0 fully saturated rings. The van der Waals surface area contributed by atoms with Gasteiger partial charge < -0.3 is 0 Å². The number of rotatable bonds is 1. The molecular formula is C27H40. The highest BCUT2D eigenvalue weighted by molar-refractivity contribution is 5.21. The fraction of sp³-hybridized carbons (Fsp3) is 0.333. The summed E-state index contributed by atoms with van der Waals surface area (Å²) in [6, 6.07) is 14.5. The van der Waals surface area contributed by atoms with Crippen molar-refractivity contribution < 1.29 is 0 Å². The minimum Gasteiger partial charge on any atom is -0.100 e. The lowest BCUT2D eigenvalue weighted by atomic mass is 10.2. The first kappa shape index (κ1) is 26.9. The Morgan fingerprint density at radius 3 is 1.33 bits per heavy atom. The van der Waals surface area contributed by atoms with Crippen molar-refractivity contribution in [3.63, 3.8) is 0 Å². The summed E-state index contributed by atoms with van der Waals surface area (Å²) < 4.78 is 0. The van der Waals surface area contributed by atoms with Crippen molar-refractivity contribution in [2.75, 3.05) is 0 Å². The molecule has 0 saturated heterocycles. The van der Waals surface area contributed by atoms with E-state index in [4.69, 9.17) is 0 Å². The van der Waals surface area contributed by atoms with Crippen LogP contribution in [0.1, 0.15) is 57.7 Å². The quantitative estimate of drug-likeness (QED) is 0.475. The van der Waals surface area contributed by atoms with Gasteiger partial charge in [-0.2, -0.15) is 0 Å². The highest BCUT2D eigenvalue weighted by Crippen LogP contribution is 1.99. The van der Waals surface area contributed by atoms with Crippen molar-refractivity contribution in [3.05, 3.63) is 93.4 Å². The monoisotopic (exact) mass is 364 g/mol. The number of hydrogen-bond acceptors (Lipinski definition) is 0. The molecule has 0 heteroatoms. The Kier molecular flexibility index (Phi) is 15.8. The average molecular weight is 365 g/mol. The van der Waals surface area contributed by atoms with Gasteiger partial charge >= 0.3 is 0 Å². The molecule has 0 aromatic heterocycles. The predicted octanol–water partition coefficient (Wildman–Crippen LogP) is 7.06. The Morgan fingerprint density at radius 1 is 0.778 bits per heavy atom. The molecule has 0 spiro atoms. The summed E-state index contributed by atoms with van der Waals surface area (Å²) in [4.78, 5) is 0. The number of benzene rings is 2. The summed E-state index contributed by atoms with van der Waals surface area (Å²) in [6.07, 6.45) is 3.19. The number of hydrogen-bond donors (Lipinski definition) is 0. The van der Waals surface area contributed by atoms with Crippen molar-refractivity contribution in [1.29, 1.82) is 0 Å². The zero-order valence-electron chi connectivity index (χ0n) is 18.9. The fourth-order valence-electron chi connectivity index (χ4n) is 1.39. The van der Waals surface area contributed by atoms with Crippen LogP contribution in [0.4, 0.5) is 0 Å². The van der Waals surface area contributed by atoms with E-state index in [0.29, 0.717) is 0 Å². The molecule has 0 atom stereocenters. The van der Waals surface area contributed by atoms with Crippen LogP contribution >= 0.6 is 0 Å². The maximum Gasteiger partial charge on any atom is -0.0259 e. The lowest BCUT2D eigenvalue weighted by molar-refractivity contribution is 1.11. The molecular weight excluding hydrogens is 324 g/mol. The van der Waals surface area contributed by atoms with E-state index < -0.39 is 0 Å². The molecule has 148 valence electrons. The molecule has 0 aliphatic heterocycles. The molecule has 0 nitrogen and oxygen atoms in total. The van der Waals surface area contributed by atoms with Gasteiger partial charge in [-0.15, -0.1) is 6.58 Å². The van der Waals surface area contributed by atoms with Gasteiger partial charge in [0.2, 0.25) is 0 Å². The van der Waals surface area contributed by atoms with Crippen molar-refractivity contribution in [3.8, 4) is 0 Å². The lowest BCUT2D eigenvalue weighted by Crippen LogP contribution is -2.20. The van der Waals surface area contributed by atoms with Gasteiger partial charge in [-0.25, -0.2) is 0 Å². The molecule has 0 unspecified atom stereocenters. The number of aryl methyl sites for hydroxylation is 3. The number of allylic oxidation sites excluding steroid dienone is 3. The van der Waals surface area contributed by atoms with Crippen molar-refractivity contribution >= 4 is 13.2 Å². The van der Waals surface area contributed by atoms with E-state index in [1.54, 1.807) is 0 Å². The summed E-state index contributed by atoms with van der Waals surface area (Å²) in [5.74, 6) is 0. The van der Waals surface area contributed by atoms with E-state index >= 15 is 0 Å². The maximum atomic E-state index is 3.82. The fourth-order valence-corrected chi connectivity index (χ4v) is 1.39. The van der Waals surface area contributed by atoms with E-state index in [2.05, 4.69) is 84.7 Å². The van der Waals surface area contributed by atoms with Crippen LogP contribution in [0.15, 0.2) is 66.3 Å². The maximum absolute atomic E-state index is 3.82. The highest BCUT2D eigenvalue weighted by atomic mass is 13.9. The summed E-state index contributed by atoms with van der Waals surface area (Å²) >= 11 is 0. The minimum atomic E-state index is 1.01. The van der Waals surface area contributed by atoms with Gasteiger partial charge in [0, 0.05) is 0 Å². The molecule has 0 amide bonds. The largest absolute Gasteiger partial charge is 0.100 e. The SMILES string of the molecule is C=C(C)CC.C=c1ccc(C)cc1=C.CC=C(C)C.Cc1ccc(C)cc1. The van der Waals surface area contributed by atoms with Crippen LogP contribution < -0.4 is 10.4 Å². The Balaban J connectivity index is 0. The third-order valence-electron chi connectivity index (χ3n) is 3.76. The van der Waals surface area contributed by atoms with E-state index in [9.17, 15) is 0 Å². The van der Waals surface area contributed by atoms with Gasteiger partial charge in [-0.1, -0.05) is 96.5 Å². The third kappa shape index (κ3) is 18.3. The normalized spacial score (nSPS) is 8.59. The molecule has 0 radical (unpaired) electrons. The summed E-state index contributed by atoms with van der Waals surface area (Å²) in [6.45, 7) is 27.9. The standard InChI is InChI=1S/C9H10.C8H10.2C5H10/c1-7-4-5-8(2)9(3)6-7;1-7-3-5-8(2)6-4-7;2*1-4-5(2)3/h4-6H,2-3H2,1H3;3-6H,1-2H3;4H,1-3H3;2,4H2,1,3H3. The third-order valence-corrected chi connectivity index (χ3v) is 3.76. The Morgan fingerprint density at radius 2 is 1.11 bits per heavy atom. The first-order chi connectivity index (χ1) is 12.5. The second kappa shape index (κ2) is 15.9. The zero-order chi connectivity index (χ0) is 21.4. The van der Waals surface area contributed by atoms with E-state index in [0.717, 1.165) is 16.9 Å².